The van der Waals surface area contributed by atoms with Gasteiger partial charge in [-0.1, -0.05) is 25.1 Å². The Bertz CT molecular complexity index is 884. The Balaban J connectivity index is 1.49. The second kappa shape index (κ2) is 10.7. The maximum atomic E-state index is 12.7. The summed E-state index contributed by atoms with van der Waals surface area (Å²) in [5.41, 5.74) is 1.57. The summed E-state index contributed by atoms with van der Waals surface area (Å²) in [5.74, 6) is 1.67. The number of carbonyl (C=O) groups is 2. The molecule has 1 N–H and O–H groups in total. The van der Waals surface area contributed by atoms with Gasteiger partial charge in [-0.05, 0) is 43.0 Å². The van der Waals surface area contributed by atoms with E-state index in [1.165, 1.54) is 0 Å². The van der Waals surface area contributed by atoms with Crippen molar-refractivity contribution in [2.75, 3.05) is 33.9 Å². The highest BCUT2D eigenvalue weighted by Crippen LogP contribution is 2.23. The van der Waals surface area contributed by atoms with E-state index in [2.05, 4.69) is 12.2 Å². The van der Waals surface area contributed by atoms with Crippen LogP contribution in [0.2, 0.25) is 0 Å². The Kier molecular flexibility index (Phi) is 7.76. The van der Waals surface area contributed by atoms with E-state index in [1.54, 1.807) is 37.3 Å². The van der Waals surface area contributed by atoms with Crippen molar-refractivity contribution in [3.63, 3.8) is 0 Å². The third-order valence-electron chi connectivity index (χ3n) is 5.50. The standard InChI is InChI=1S/C24H30N2O5/c1-4-17-7-5-6-8-22(17)31-16-23(27)26-11-9-19(10-12-26)25-24(28)18-13-20(29-2)15-21(14-18)30-3/h5-8,13-15,19H,4,9-12,16H2,1-3H3,(H,25,28). The van der Waals surface area contributed by atoms with Crippen molar-refractivity contribution >= 4 is 11.8 Å². The lowest BCUT2D eigenvalue weighted by molar-refractivity contribution is -0.134. The molecule has 0 bridgehead atoms. The number of rotatable bonds is 8. The van der Waals surface area contributed by atoms with Gasteiger partial charge in [-0.25, -0.2) is 0 Å². The average Bonchev–Trinajstić information content (AvgIpc) is 2.82. The molecule has 1 heterocycles. The Labute approximate surface area is 183 Å². The van der Waals surface area contributed by atoms with Crippen LogP contribution in [0.15, 0.2) is 42.5 Å². The molecular formula is C24H30N2O5. The van der Waals surface area contributed by atoms with E-state index in [9.17, 15) is 9.59 Å². The number of carbonyl (C=O) groups excluding carboxylic acids is 2. The normalized spacial score (nSPS) is 14.1. The third-order valence-corrected chi connectivity index (χ3v) is 5.50. The molecule has 1 aliphatic heterocycles. The lowest BCUT2D eigenvalue weighted by Crippen LogP contribution is -2.47. The molecule has 1 aliphatic rings. The minimum atomic E-state index is -0.179. The molecule has 2 aromatic rings. The van der Waals surface area contributed by atoms with Crippen LogP contribution in [0.1, 0.15) is 35.7 Å². The van der Waals surface area contributed by atoms with Crippen LogP contribution >= 0.6 is 0 Å². The zero-order chi connectivity index (χ0) is 22.2. The zero-order valence-electron chi connectivity index (χ0n) is 18.3. The topological polar surface area (TPSA) is 77.1 Å². The molecule has 2 aromatic carbocycles. The largest absolute Gasteiger partial charge is 0.497 e. The molecule has 0 saturated carbocycles. The summed E-state index contributed by atoms with van der Waals surface area (Å²) in [6.07, 6.45) is 2.25. The summed E-state index contributed by atoms with van der Waals surface area (Å²) in [7, 11) is 3.10. The number of aryl methyl sites for hydroxylation is 1. The van der Waals surface area contributed by atoms with E-state index in [0.717, 1.165) is 17.7 Å². The van der Waals surface area contributed by atoms with Crippen LogP contribution in [0.5, 0.6) is 17.2 Å². The van der Waals surface area contributed by atoms with Gasteiger partial charge >= 0.3 is 0 Å². The average molecular weight is 427 g/mol. The number of likely N-dealkylation sites (tertiary alicyclic amines) is 1. The summed E-state index contributed by atoms with van der Waals surface area (Å²) in [6, 6.07) is 12.9. The van der Waals surface area contributed by atoms with E-state index in [-0.39, 0.29) is 24.5 Å². The highest BCUT2D eigenvalue weighted by molar-refractivity contribution is 5.95. The van der Waals surface area contributed by atoms with Crippen LogP contribution in [-0.2, 0) is 11.2 Å². The van der Waals surface area contributed by atoms with Crippen LogP contribution in [0.25, 0.3) is 0 Å². The lowest BCUT2D eigenvalue weighted by Gasteiger charge is -2.32. The van der Waals surface area contributed by atoms with Crippen LogP contribution < -0.4 is 19.5 Å². The minimum Gasteiger partial charge on any atom is -0.497 e. The molecule has 31 heavy (non-hydrogen) atoms. The summed E-state index contributed by atoms with van der Waals surface area (Å²) in [6.45, 7) is 3.26. The molecule has 0 atom stereocenters. The Morgan fingerprint density at radius 3 is 2.29 bits per heavy atom. The van der Waals surface area contributed by atoms with Crippen LogP contribution in [0.3, 0.4) is 0 Å². The Morgan fingerprint density at radius 2 is 1.68 bits per heavy atom. The fraction of sp³-hybridized carbons (Fsp3) is 0.417. The van der Waals surface area contributed by atoms with Crippen molar-refractivity contribution in [2.24, 2.45) is 0 Å². The van der Waals surface area contributed by atoms with Crippen molar-refractivity contribution in [3.05, 3.63) is 53.6 Å². The maximum absolute atomic E-state index is 12.7. The number of para-hydroxylation sites is 1. The number of nitrogens with one attached hydrogen (secondary N) is 1. The molecule has 2 amide bonds. The second-order valence-electron chi connectivity index (χ2n) is 7.48. The van der Waals surface area contributed by atoms with Crippen molar-refractivity contribution in [1.29, 1.82) is 0 Å². The molecule has 3 rings (SSSR count). The molecular weight excluding hydrogens is 396 g/mol. The molecule has 7 heteroatoms. The molecule has 166 valence electrons. The van der Waals surface area contributed by atoms with Gasteiger partial charge in [0, 0.05) is 30.8 Å². The molecule has 0 aromatic heterocycles. The number of ether oxygens (including phenoxy) is 3. The first kappa shape index (κ1) is 22.5. The molecule has 1 fully saturated rings. The number of methoxy groups -OCH3 is 2. The predicted octanol–water partition coefficient (Wildman–Crippen LogP) is 3.07. The van der Waals surface area contributed by atoms with Crippen molar-refractivity contribution < 1.29 is 23.8 Å². The number of hydrogen-bond acceptors (Lipinski definition) is 5. The molecule has 1 saturated heterocycles. The number of nitrogens with zero attached hydrogens (tertiary/aromatic N) is 1. The predicted molar refractivity (Wildman–Crippen MR) is 118 cm³/mol. The monoisotopic (exact) mass is 426 g/mol. The highest BCUT2D eigenvalue weighted by atomic mass is 16.5. The number of hydrogen-bond donors (Lipinski definition) is 1. The first-order valence-corrected chi connectivity index (χ1v) is 10.6. The zero-order valence-corrected chi connectivity index (χ0v) is 18.3. The number of piperidine rings is 1. The molecule has 0 unspecified atom stereocenters. The summed E-state index contributed by atoms with van der Waals surface area (Å²) < 4.78 is 16.2. The smallest absolute Gasteiger partial charge is 0.260 e. The molecule has 0 aliphatic carbocycles. The van der Waals surface area contributed by atoms with Crippen molar-refractivity contribution in [3.8, 4) is 17.2 Å². The Hall–Kier alpha value is -3.22. The fourth-order valence-electron chi connectivity index (χ4n) is 3.65. The van der Waals surface area contributed by atoms with Gasteiger partial charge in [0.25, 0.3) is 11.8 Å². The maximum Gasteiger partial charge on any atom is 0.260 e. The van der Waals surface area contributed by atoms with Crippen molar-refractivity contribution in [2.45, 2.75) is 32.2 Å². The van der Waals surface area contributed by atoms with E-state index in [4.69, 9.17) is 14.2 Å². The quantitative estimate of drug-likeness (QED) is 0.702. The summed E-state index contributed by atoms with van der Waals surface area (Å²) in [4.78, 5) is 27.0. The number of amides is 2. The SMILES string of the molecule is CCc1ccccc1OCC(=O)N1CCC(NC(=O)c2cc(OC)cc(OC)c2)CC1. The van der Waals surface area contributed by atoms with Crippen molar-refractivity contribution in [1.82, 2.24) is 10.2 Å². The van der Waals surface area contributed by atoms with Crippen LogP contribution in [-0.4, -0.2) is 56.7 Å². The van der Waals surface area contributed by atoms with Gasteiger partial charge in [0.2, 0.25) is 0 Å². The van der Waals surface area contributed by atoms with Crippen LogP contribution in [0, 0.1) is 0 Å². The highest BCUT2D eigenvalue weighted by Gasteiger charge is 2.25. The van der Waals surface area contributed by atoms with Gasteiger partial charge < -0.3 is 24.4 Å². The van der Waals surface area contributed by atoms with Gasteiger partial charge in [0.05, 0.1) is 14.2 Å². The Morgan fingerprint density at radius 1 is 1.03 bits per heavy atom. The third kappa shape index (κ3) is 5.90. The van der Waals surface area contributed by atoms with Gasteiger partial charge in [0.15, 0.2) is 6.61 Å². The van der Waals surface area contributed by atoms with Gasteiger partial charge in [-0.3, -0.25) is 9.59 Å². The summed E-state index contributed by atoms with van der Waals surface area (Å²) in [5, 5.41) is 3.05. The first-order chi connectivity index (χ1) is 15.0. The van der Waals surface area contributed by atoms with Gasteiger partial charge in [-0.15, -0.1) is 0 Å². The van der Waals surface area contributed by atoms with Gasteiger partial charge in [0.1, 0.15) is 17.2 Å². The number of benzene rings is 2. The summed E-state index contributed by atoms with van der Waals surface area (Å²) >= 11 is 0. The van der Waals surface area contributed by atoms with E-state index >= 15 is 0 Å². The molecule has 7 nitrogen and oxygen atoms in total. The van der Waals surface area contributed by atoms with E-state index < -0.39 is 0 Å². The van der Waals surface area contributed by atoms with E-state index in [0.29, 0.717) is 43.0 Å². The lowest BCUT2D eigenvalue weighted by atomic mass is 10.0. The second-order valence-corrected chi connectivity index (χ2v) is 7.48. The van der Waals surface area contributed by atoms with Gasteiger partial charge in [-0.2, -0.15) is 0 Å². The molecule has 0 radical (unpaired) electrons. The van der Waals surface area contributed by atoms with Crippen LogP contribution in [0.4, 0.5) is 0 Å². The fourth-order valence-corrected chi connectivity index (χ4v) is 3.65. The minimum absolute atomic E-state index is 0.00971. The first-order valence-electron chi connectivity index (χ1n) is 10.6. The van der Waals surface area contributed by atoms with E-state index in [1.807, 2.05) is 24.3 Å². The molecule has 0 spiro atoms.